The van der Waals surface area contributed by atoms with Crippen LogP contribution in [0.4, 0.5) is 5.69 Å². The molecular formula is C17H18ClN3O3. The Balaban J connectivity index is 1.77. The molecule has 2 rings (SSSR count). The van der Waals surface area contributed by atoms with Gasteiger partial charge in [0.1, 0.15) is 5.75 Å². The molecular weight excluding hydrogens is 330 g/mol. The van der Waals surface area contributed by atoms with E-state index in [-0.39, 0.29) is 24.8 Å². The second-order valence-electron chi connectivity index (χ2n) is 4.92. The quantitative estimate of drug-likeness (QED) is 0.700. The molecule has 0 unspecified atom stereocenters. The molecule has 126 valence electrons. The van der Waals surface area contributed by atoms with Gasteiger partial charge in [-0.3, -0.25) is 20.4 Å². The highest BCUT2D eigenvalue weighted by Gasteiger charge is 2.09. The van der Waals surface area contributed by atoms with Gasteiger partial charge in [0.15, 0.2) is 0 Å². The molecule has 0 aliphatic rings. The van der Waals surface area contributed by atoms with Crippen LogP contribution in [0.15, 0.2) is 48.5 Å². The maximum atomic E-state index is 11.8. The summed E-state index contributed by atoms with van der Waals surface area (Å²) in [5, 5.41) is 3.45. The van der Waals surface area contributed by atoms with E-state index in [1.165, 1.54) is 0 Å². The summed E-state index contributed by atoms with van der Waals surface area (Å²) in [6, 6.07) is 14.3. The monoisotopic (exact) mass is 347 g/mol. The van der Waals surface area contributed by atoms with Crippen LogP contribution in [0.3, 0.4) is 0 Å². The molecule has 3 N–H and O–H groups in total. The lowest BCUT2D eigenvalue weighted by atomic mass is 10.1. The van der Waals surface area contributed by atoms with E-state index in [0.717, 1.165) is 0 Å². The first kappa shape index (κ1) is 17.6. The average molecular weight is 348 g/mol. The Morgan fingerprint density at radius 1 is 1.00 bits per heavy atom. The Kier molecular flexibility index (Phi) is 6.45. The number of nitrogens with one attached hydrogen (secondary N) is 3. The summed E-state index contributed by atoms with van der Waals surface area (Å²) in [6.07, 6.45) is 0.0832. The first-order valence-electron chi connectivity index (χ1n) is 7.28. The molecule has 0 heterocycles. The van der Waals surface area contributed by atoms with Gasteiger partial charge in [0.05, 0.1) is 25.8 Å². The van der Waals surface area contributed by atoms with E-state index in [9.17, 15) is 9.59 Å². The molecule has 0 saturated carbocycles. The standard InChI is InChI=1S/C17H18ClN3O3/c1-24-15-9-5-4-8-14(15)19-11-17(23)21-20-16(22)10-12-6-2-3-7-13(12)18/h2-9,19H,10-11H2,1H3,(H,20,22)(H,21,23). The number of hydrogen-bond donors (Lipinski definition) is 3. The fraction of sp³-hybridized carbons (Fsp3) is 0.176. The first-order valence-corrected chi connectivity index (χ1v) is 7.66. The Morgan fingerprint density at radius 2 is 1.67 bits per heavy atom. The highest BCUT2D eigenvalue weighted by Crippen LogP contribution is 2.22. The van der Waals surface area contributed by atoms with Crippen LogP contribution in [-0.2, 0) is 16.0 Å². The molecule has 6 nitrogen and oxygen atoms in total. The molecule has 2 aromatic carbocycles. The van der Waals surface area contributed by atoms with Crippen molar-refractivity contribution < 1.29 is 14.3 Å². The van der Waals surface area contributed by atoms with Gasteiger partial charge >= 0.3 is 0 Å². The predicted octanol–water partition coefficient (Wildman–Crippen LogP) is 2.15. The van der Waals surface area contributed by atoms with E-state index in [0.29, 0.717) is 22.0 Å². The molecule has 0 aromatic heterocycles. The Morgan fingerprint density at radius 3 is 2.42 bits per heavy atom. The van der Waals surface area contributed by atoms with Crippen LogP contribution < -0.4 is 20.9 Å². The third-order valence-electron chi connectivity index (χ3n) is 3.20. The largest absolute Gasteiger partial charge is 0.495 e. The van der Waals surface area contributed by atoms with Gasteiger partial charge in [0, 0.05) is 5.02 Å². The van der Waals surface area contributed by atoms with Gasteiger partial charge in [0.2, 0.25) is 5.91 Å². The SMILES string of the molecule is COc1ccccc1NCC(=O)NNC(=O)Cc1ccccc1Cl. The number of hydrogen-bond acceptors (Lipinski definition) is 4. The first-order chi connectivity index (χ1) is 11.6. The van der Waals surface area contributed by atoms with Gasteiger partial charge in [-0.1, -0.05) is 41.9 Å². The number of hydrazine groups is 1. The van der Waals surface area contributed by atoms with E-state index in [2.05, 4.69) is 16.2 Å². The van der Waals surface area contributed by atoms with Crippen LogP contribution >= 0.6 is 11.6 Å². The molecule has 7 heteroatoms. The summed E-state index contributed by atoms with van der Waals surface area (Å²) >= 11 is 5.99. The minimum Gasteiger partial charge on any atom is -0.495 e. The van der Waals surface area contributed by atoms with Crippen LogP contribution in [0, 0.1) is 0 Å². The molecule has 0 spiro atoms. The van der Waals surface area contributed by atoms with Crippen molar-refractivity contribution in [3.8, 4) is 5.75 Å². The molecule has 0 aliphatic heterocycles. The number of para-hydroxylation sites is 2. The van der Waals surface area contributed by atoms with Crippen LogP contribution in [0.25, 0.3) is 0 Å². The van der Waals surface area contributed by atoms with Gasteiger partial charge in [-0.2, -0.15) is 0 Å². The van der Waals surface area contributed by atoms with Crippen molar-refractivity contribution in [2.75, 3.05) is 19.0 Å². The zero-order valence-corrected chi connectivity index (χ0v) is 13.9. The van der Waals surface area contributed by atoms with Crippen LogP contribution in [-0.4, -0.2) is 25.5 Å². The highest BCUT2D eigenvalue weighted by molar-refractivity contribution is 6.31. The molecule has 2 amide bonds. The number of methoxy groups -OCH3 is 1. The lowest BCUT2D eigenvalue weighted by Crippen LogP contribution is -2.44. The average Bonchev–Trinajstić information content (AvgIpc) is 2.60. The van der Waals surface area contributed by atoms with Gasteiger partial charge in [0.25, 0.3) is 5.91 Å². The van der Waals surface area contributed by atoms with Crippen molar-refractivity contribution in [3.05, 3.63) is 59.1 Å². The van der Waals surface area contributed by atoms with E-state index >= 15 is 0 Å². The van der Waals surface area contributed by atoms with Gasteiger partial charge in [-0.25, -0.2) is 0 Å². The third-order valence-corrected chi connectivity index (χ3v) is 3.57. The summed E-state index contributed by atoms with van der Waals surface area (Å²) in [6.45, 7) is -0.00720. The second kappa shape index (κ2) is 8.79. The topological polar surface area (TPSA) is 79.5 Å². The van der Waals surface area contributed by atoms with E-state index in [1.54, 1.807) is 43.5 Å². The number of benzene rings is 2. The third kappa shape index (κ3) is 5.17. The summed E-state index contributed by atoms with van der Waals surface area (Å²) in [4.78, 5) is 23.6. The fourth-order valence-corrected chi connectivity index (χ4v) is 2.21. The van der Waals surface area contributed by atoms with Gasteiger partial charge < -0.3 is 10.1 Å². The Hall–Kier alpha value is -2.73. The smallest absolute Gasteiger partial charge is 0.257 e. The van der Waals surface area contributed by atoms with Crippen LogP contribution in [0.1, 0.15) is 5.56 Å². The summed E-state index contributed by atoms with van der Waals surface area (Å²) in [5.74, 6) is -0.102. The lowest BCUT2D eigenvalue weighted by Gasteiger charge is -2.11. The predicted molar refractivity (Wildman–Crippen MR) is 92.9 cm³/mol. The minimum atomic E-state index is -0.381. The number of amides is 2. The zero-order chi connectivity index (χ0) is 17.4. The fourth-order valence-electron chi connectivity index (χ4n) is 2.01. The molecule has 0 atom stereocenters. The zero-order valence-electron chi connectivity index (χ0n) is 13.1. The molecule has 2 aromatic rings. The molecule has 0 radical (unpaired) electrons. The molecule has 0 saturated heterocycles. The number of carbonyl (C=O) groups is 2. The van der Waals surface area contributed by atoms with Crippen molar-refractivity contribution in [2.24, 2.45) is 0 Å². The van der Waals surface area contributed by atoms with Crippen molar-refractivity contribution in [1.29, 1.82) is 0 Å². The molecule has 0 fully saturated rings. The maximum absolute atomic E-state index is 11.8. The number of halogens is 1. The highest BCUT2D eigenvalue weighted by atomic mass is 35.5. The second-order valence-corrected chi connectivity index (χ2v) is 5.33. The van der Waals surface area contributed by atoms with Gasteiger partial charge in [-0.15, -0.1) is 0 Å². The van der Waals surface area contributed by atoms with E-state index in [4.69, 9.17) is 16.3 Å². The Labute approximate surface area is 145 Å². The minimum absolute atomic E-state index is 0.00720. The van der Waals surface area contributed by atoms with Crippen LogP contribution in [0.5, 0.6) is 5.75 Å². The van der Waals surface area contributed by atoms with Crippen LogP contribution in [0.2, 0.25) is 5.02 Å². The molecule has 0 bridgehead atoms. The van der Waals surface area contributed by atoms with Crippen molar-refractivity contribution in [3.63, 3.8) is 0 Å². The van der Waals surface area contributed by atoms with Crippen molar-refractivity contribution >= 4 is 29.1 Å². The summed E-state index contributed by atoms with van der Waals surface area (Å²) < 4.78 is 5.18. The number of ether oxygens (including phenoxy) is 1. The molecule has 24 heavy (non-hydrogen) atoms. The molecule has 0 aliphatic carbocycles. The van der Waals surface area contributed by atoms with E-state index in [1.807, 2.05) is 12.1 Å². The maximum Gasteiger partial charge on any atom is 0.257 e. The number of anilines is 1. The summed E-state index contributed by atoms with van der Waals surface area (Å²) in [7, 11) is 1.55. The summed E-state index contributed by atoms with van der Waals surface area (Å²) in [5.41, 5.74) is 6.08. The normalized spacial score (nSPS) is 9.92. The van der Waals surface area contributed by atoms with Crippen molar-refractivity contribution in [1.82, 2.24) is 10.9 Å². The lowest BCUT2D eigenvalue weighted by molar-refractivity contribution is -0.127. The van der Waals surface area contributed by atoms with Crippen molar-refractivity contribution in [2.45, 2.75) is 6.42 Å². The number of rotatable bonds is 6. The Bertz CT molecular complexity index is 722. The number of carbonyl (C=O) groups excluding carboxylic acids is 2. The van der Waals surface area contributed by atoms with E-state index < -0.39 is 0 Å². The van der Waals surface area contributed by atoms with Gasteiger partial charge in [-0.05, 0) is 23.8 Å².